The monoisotopic (exact) mass is 302 g/mol. The van der Waals surface area contributed by atoms with Crippen LogP contribution in [0.25, 0.3) is 0 Å². The van der Waals surface area contributed by atoms with E-state index in [0.29, 0.717) is 5.75 Å². The molecule has 0 bridgehead atoms. The van der Waals surface area contributed by atoms with E-state index in [1.165, 1.54) is 5.56 Å². The highest BCUT2D eigenvalue weighted by Crippen LogP contribution is 2.12. The minimum atomic E-state index is -0.273. The van der Waals surface area contributed by atoms with E-state index in [1.807, 2.05) is 48.7 Å². The molecule has 1 heterocycles. The Bertz CT molecular complexity index is 604. The molecule has 21 heavy (non-hydrogen) atoms. The topological polar surface area (TPSA) is 50.7 Å². The van der Waals surface area contributed by atoms with Crippen LogP contribution < -0.4 is 10.2 Å². The van der Waals surface area contributed by atoms with E-state index in [2.05, 4.69) is 17.5 Å². The van der Waals surface area contributed by atoms with Crippen LogP contribution in [-0.4, -0.2) is 18.2 Å². The fourth-order valence-electron chi connectivity index (χ4n) is 1.69. The Morgan fingerprint density at radius 2 is 2.05 bits per heavy atom. The normalized spacial score (nSPS) is 11.2. The van der Waals surface area contributed by atoms with Crippen molar-refractivity contribution in [1.82, 2.24) is 5.43 Å². The van der Waals surface area contributed by atoms with E-state index in [9.17, 15) is 4.79 Å². The van der Waals surface area contributed by atoms with Crippen LogP contribution in [0.1, 0.15) is 24.3 Å². The summed E-state index contributed by atoms with van der Waals surface area (Å²) in [7, 11) is 0. The molecule has 0 atom stereocenters. The number of aryl methyl sites for hydroxylation is 1. The van der Waals surface area contributed by atoms with E-state index >= 15 is 0 Å². The molecule has 0 saturated heterocycles. The second-order valence-corrected chi connectivity index (χ2v) is 5.44. The summed E-state index contributed by atoms with van der Waals surface area (Å²) in [6.45, 7) is 3.90. The van der Waals surface area contributed by atoms with Gasteiger partial charge in [-0.15, -0.1) is 11.3 Å². The van der Waals surface area contributed by atoms with E-state index < -0.39 is 0 Å². The smallest absolute Gasteiger partial charge is 0.277 e. The molecule has 5 heteroatoms. The van der Waals surface area contributed by atoms with Gasteiger partial charge in [0, 0.05) is 4.88 Å². The van der Waals surface area contributed by atoms with Crippen LogP contribution in [0.5, 0.6) is 5.75 Å². The third-order valence-corrected chi connectivity index (χ3v) is 3.91. The molecule has 0 fully saturated rings. The molecule has 0 saturated carbocycles. The predicted octanol–water partition coefficient (Wildman–Crippen LogP) is 3.23. The summed E-state index contributed by atoms with van der Waals surface area (Å²) in [6, 6.07) is 11.6. The highest BCUT2D eigenvalue weighted by Gasteiger charge is 2.03. The first-order chi connectivity index (χ1) is 10.2. The molecule has 0 aliphatic rings. The number of amides is 1. The molecule has 1 N–H and O–H groups in total. The van der Waals surface area contributed by atoms with Crippen molar-refractivity contribution in [3.8, 4) is 5.75 Å². The van der Waals surface area contributed by atoms with Crippen molar-refractivity contribution in [2.24, 2.45) is 5.10 Å². The minimum Gasteiger partial charge on any atom is -0.484 e. The number of rotatable bonds is 6. The summed E-state index contributed by atoms with van der Waals surface area (Å²) in [5, 5.41) is 6.03. The molecule has 0 aliphatic heterocycles. The van der Waals surface area contributed by atoms with Crippen molar-refractivity contribution in [3.05, 3.63) is 52.2 Å². The lowest BCUT2D eigenvalue weighted by atomic mass is 10.2. The molecule has 1 aromatic carbocycles. The van der Waals surface area contributed by atoms with E-state index in [1.54, 1.807) is 11.3 Å². The van der Waals surface area contributed by atoms with Gasteiger partial charge in [-0.05, 0) is 42.5 Å². The molecule has 1 aromatic heterocycles. The maximum absolute atomic E-state index is 11.7. The number of nitrogens with one attached hydrogen (secondary N) is 1. The van der Waals surface area contributed by atoms with Crippen LogP contribution in [0, 0.1) is 0 Å². The molecule has 4 nitrogen and oxygen atoms in total. The summed E-state index contributed by atoms with van der Waals surface area (Å²) in [4.78, 5) is 12.7. The van der Waals surface area contributed by atoms with Gasteiger partial charge in [0.25, 0.3) is 5.91 Å². The number of hydrogen-bond donors (Lipinski definition) is 1. The number of hydrogen-bond acceptors (Lipinski definition) is 4. The zero-order valence-electron chi connectivity index (χ0n) is 12.1. The van der Waals surface area contributed by atoms with Gasteiger partial charge < -0.3 is 4.74 Å². The quantitative estimate of drug-likeness (QED) is 0.658. The second-order valence-electron chi connectivity index (χ2n) is 4.50. The maximum atomic E-state index is 11.7. The highest BCUT2D eigenvalue weighted by molar-refractivity contribution is 7.12. The Labute approximate surface area is 128 Å². The zero-order chi connectivity index (χ0) is 15.1. The van der Waals surface area contributed by atoms with Crippen molar-refractivity contribution in [1.29, 1.82) is 0 Å². The Hall–Kier alpha value is -2.14. The summed E-state index contributed by atoms with van der Waals surface area (Å²) in [6.07, 6.45) is 0.984. The average molecular weight is 302 g/mol. The number of benzene rings is 1. The van der Waals surface area contributed by atoms with Crippen molar-refractivity contribution < 1.29 is 9.53 Å². The Morgan fingerprint density at radius 1 is 1.29 bits per heavy atom. The first-order valence-electron chi connectivity index (χ1n) is 6.77. The van der Waals surface area contributed by atoms with Crippen LogP contribution in [0.2, 0.25) is 0 Å². The van der Waals surface area contributed by atoms with Crippen molar-refractivity contribution in [3.63, 3.8) is 0 Å². The largest absolute Gasteiger partial charge is 0.484 e. The van der Waals surface area contributed by atoms with Crippen LogP contribution in [0.3, 0.4) is 0 Å². The van der Waals surface area contributed by atoms with Gasteiger partial charge in [-0.1, -0.05) is 25.1 Å². The Kier molecular flexibility index (Phi) is 5.51. The van der Waals surface area contributed by atoms with Gasteiger partial charge in [0.1, 0.15) is 5.75 Å². The lowest BCUT2D eigenvalue weighted by Crippen LogP contribution is -2.25. The molecule has 110 valence electrons. The fourth-order valence-corrected chi connectivity index (χ4v) is 2.37. The summed E-state index contributed by atoms with van der Waals surface area (Å²) >= 11 is 1.58. The SMILES string of the molecule is CCc1ccc(OCC(=O)N/N=C(\C)c2cccs2)cc1. The number of carbonyl (C=O) groups excluding carboxylic acids is 1. The molecular formula is C16H18N2O2S. The summed E-state index contributed by atoms with van der Waals surface area (Å²) in [5.74, 6) is 0.409. The molecule has 0 spiro atoms. The number of hydrazone groups is 1. The third kappa shape index (κ3) is 4.72. The van der Waals surface area contributed by atoms with Gasteiger partial charge in [-0.3, -0.25) is 4.79 Å². The van der Waals surface area contributed by atoms with Crippen LogP contribution in [0.15, 0.2) is 46.9 Å². The molecule has 2 aromatic rings. The lowest BCUT2D eigenvalue weighted by molar-refractivity contribution is -0.123. The van der Waals surface area contributed by atoms with Crippen LogP contribution >= 0.6 is 11.3 Å². The lowest BCUT2D eigenvalue weighted by Gasteiger charge is -2.06. The minimum absolute atomic E-state index is 0.0489. The molecule has 0 unspecified atom stereocenters. The number of thiophene rings is 1. The van der Waals surface area contributed by atoms with Crippen molar-refractivity contribution >= 4 is 23.0 Å². The fraction of sp³-hybridized carbons (Fsp3) is 0.250. The molecule has 2 rings (SSSR count). The van der Waals surface area contributed by atoms with Crippen LogP contribution in [0.4, 0.5) is 0 Å². The van der Waals surface area contributed by atoms with Gasteiger partial charge in [0.15, 0.2) is 6.61 Å². The first-order valence-corrected chi connectivity index (χ1v) is 7.65. The van der Waals surface area contributed by atoms with Gasteiger partial charge in [0.2, 0.25) is 0 Å². The molecule has 0 radical (unpaired) electrons. The van der Waals surface area contributed by atoms with Gasteiger partial charge in [0.05, 0.1) is 5.71 Å². The van der Waals surface area contributed by atoms with E-state index in [-0.39, 0.29) is 12.5 Å². The third-order valence-electron chi connectivity index (χ3n) is 2.93. The number of nitrogens with zero attached hydrogens (tertiary/aromatic N) is 1. The summed E-state index contributed by atoms with van der Waals surface area (Å²) < 4.78 is 5.41. The van der Waals surface area contributed by atoms with E-state index in [4.69, 9.17) is 4.74 Å². The average Bonchev–Trinajstić information content (AvgIpc) is 3.05. The van der Waals surface area contributed by atoms with Gasteiger partial charge in [-0.2, -0.15) is 5.10 Å². The molecule has 1 amide bonds. The number of ether oxygens (including phenoxy) is 1. The van der Waals surface area contributed by atoms with E-state index in [0.717, 1.165) is 17.0 Å². The van der Waals surface area contributed by atoms with Gasteiger partial charge >= 0.3 is 0 Å². The highest BCUT2D eigenvalue weighted by atomic mass is 32.1. The Balaban J connectivity index is 1.80. The first kappa shape index (κ1) is 15.3. The molecular weight excluding hydrogens is 284 g/mol. The molecule has 0 aliphatic carbocycles. The second kappa shape index (κ2) is 7.59. The van der Waals surface area contributed by atoms with Crippen LogP contribution in [-0.2, 0) is 11.2 Å². The standard InChI is InChI=1S/C16H18N2O2S/c1-3-13-6-8-14(9-7-13)20-11-16(19)18-17-12(2)15-5-4-10-21-15/h4-10H,3,11H2,1-2H3,(H,18,19)/b17-12+. The maximum Gasteiger partial charge on any atom is 0.277 e. The Morgan fingerprint density at radius 3 is 2.67 bits per heavy atom. The van der Waals surface area contributed by atoms with Gasteiger partial charge in [-0.25, -0.2) is 5.43 Å². The predicted molar refractivity (Wildman–Crippen MR) is 86.0 cm³/mol. The van der Waals surface area contributed by atoms with Crippen molar-refractivity contribution in [2.45, 2.75) is 20.3 Å². The summed E-state index contributed by atoms with van der Waals surface area (Å²) in [5.41, 5.74) is 4.52. The van der Waals surface area contributed by atoms with Crippen molar-refractivity contribution in [2.75, 3.05) is 6.61 Å². The number of carbonyl (C=O) groups is 1. The zero-order valence-corrected chi connectivity index (χ0v) is 12.9.